The van der Waals surface area contributed by atoms with Crippen molar-refractivity contribution in [3.8, 4) is 0 Å². The van der Waals surface area contributed by atoms with Crippen LogP contribution in [0.1, 0.15) is 29.0 Å². The van der Waals surface area contributed by atoms with Crippen molar-refractivity contribution in [2.24, 2.45) is 4.99 Å². The van der Waals surface area contributed by atoms with Crippen LogP contribution in [0.15, 0.2) is 41.4 Å². The minimum atomic E-state index is -0.611. The fourth-order valence-electron chi connectivity index (χ4n) is 2.50. The Bertz CT molecular complexity index is 717. The molecule has 2 aromatic rings. The van der Waals surface area contributed by atoms with Crippen molar-refractivity contribution in [3.05, 3.63) is 56.7 Å². The van der Waals surface area contributed by atoms with E-state index < -0.39 is 6.10 Å². The predicted molar refractivity (Wildman–Crippen MR) is 111 cm³/mol. The Hall–Kier alpha value is -1.60. The molecular formula is C19H27ClN4OS. The highest BCUT2D eigenvalue weighted by atomic mass is 35.5. The number of rotatable bonds is 8. The normalized spacial score (nSPS) is 13.1. The van der Waals surface area contributed by atoms with Gasteiger partial charge < -0.3 is 20.6 Å². The minimum absolute atomic E-state index is 0.378. The molecule has 1 heterocycles. The third kappa shape index (κ3) is 6.96. The van der Waals surface area contributed by atoms with E-state index in [1.54, 1.807) is 6.07 Å². The molecule has 3 N–H and O–H groups in total. The van der Waals surface area contributed by atoms with Crippen LogP contribution in [0.25, 0.3) is 0 Å². The lowest BCUT2D eigenvalue weighted by Crippen LogP contribution is -2.39. The molecule has 0 saturated heterocycles. The van der Waals surface area contributed by atoms with Crippen molar-refractivity contribution < 1.29 is 5.11 Å². The summed E-state index contributed by atoms with van der Waals surface area (Å²) in [6.45, 7) is 4.64. The molecule has 0 spiro atoms. The molecule has 0 aliphatic rings. The Balaban J connectivity index is 1.95. The summed E-state index contributed by atoms with van der Waals surface area (Å²) in [6, 6.07) is 12.1. The number of nitrogens with zero attached hydrogens (tertiary/aromatic N) is 2. The molecule has 26 heavy (non-hydrogen) atoms. The summed E-state index contributed by atoms with van der Waals surface area (Å²) < 4.78 is 0.678. The lowest BCUT2D eigenvalue weighted by atomic mass is 10.1. The largest absolute Gasteiger partial charge is 0.386 e. The first-order valence-electron chi connectivity index (χ1n) is 8.66. The van der Waals surface area contributed by atoms with Crippen molar-refractivity contribution in [2.45, 2.75) is 26.1 Å². The van der Waals surface area contributed by atoms with Gasteiger partial charge in [-0.15, -0.1) is 11.3 Å². The Morgan fingerprint density at radius 1 is 1.23 bits per heavy atom. The highest BCUT2D eigenvalue weighted by Gasteiger charge is 2.11. The van der Waals surface area contributed by atoms with Gasteiger partial charge in [0.15, 0.2) is 5.96 Å². The summed E-state index contributed by atoms with van der Waals surface area (Å²) in [4.78, 5) is 7.61. The van der Waals surface area contributed by atoms with Crippen LogP contribution in [0.4, 0.5) is 0 Å². The monoisotopic (exact) mass is 394 g/mol. The van der Waals surface area contributed by atoms with Gasteiger partial charge in [-0.2, -0.15) is 0 Å². The number of nitrogens with one attached hydrogen (secondary N) is 2. The molecule has 7 heteroatoms. The topological polar surface area (TPSA) is 59.9 Å². The molecular weight excluding hydrogens is 368 g/mol. The molecule has 0 fully saturated rings. The number of aliphatic hydroxyl groups excluding tert-OH is 1. The molecule has 1 unspecified atom stereocenters. The van der Waals surface area contributed by atoms with Gasteiger partial charge in [-0.05, 0) is 44.3 Å². The first kappa shape index (κ1) is 20.7. The summed E-state index contributed by atoms with van der Waals surface area (Å²) in [5.41, 5.74) is 2.43. The van der Waals surface area contributed by atoms with Gasteiger partial charge in [-0.25, -0.2) is 4.99 Å². The average molecular weight is 395 g/mol. The molecule has 0 saturated carbocycles. The highest BCUT2D eigenvalue weighted by Crippen LogP contribution is 2.26. The second-order valence-corrected chi connectivity index (χ2v) is 8.04. The number of guanidine groups is 1. The lowest BCUT2D eigenvalue weighted by Gasteiger charge is -2.14. The van der Waals surface area contributed by atoms with Crippen LogP contribution in [0.2, 0.25) is 4.34 Å². The first-order chi connectivity index (χ1) is 12.5. The van der Waals surface area contributed by atoms with Gasteiger partial charge in [0.2, 0.25) is 0 Å². The SMILES string of the molecule is CCNC(=NCc1cccc(CN(C)C)c1)NCC(O)c1ccc(Cl)s1. The Labute approximate surface area is 164 Å². The lowest BCUT2D eigenvalue weighted by molar-refractivity contribution is 0.184. The van der Waals surface area contributed by atoms with Crippen LogP contribution >= 0.6 is 22.9 Å². The van der Waals surface area contributed by atoms with Crippen LogP contribution in [-0.2, 0) is 13.1 Å². The van der Waals surface area contributed by atoms with Gasteiger partial charge in [-0.3, -0.25) is 0 Å². The summed E-state index contributed by atoms with van der Waals surface area (Å²) in [5.74, 6) is 0.687. The second kappa shape index (κ2) is 10.5. The Morgan fingerprint density at radius 2 is 2.00 bits per heavy atom. The molecule has 0 aliphatic heterocycles. The third-order valence-corrected chi connectivity index (χ3v) is 4.97. The van der Waals surface area contributed by atoms with E-state index in [0.29, 0.717) is 23.4 Å². The van der Waals surface area contributed by atoms with Crippen molar-refractivity contribution in [2.75, 3.05) is 27.2 Å². The first-order valence-corrected chi connectivity index (χ1v) is 9.85. The van der Waals surface area contributed by atoms with Crippen LogP contribution in [-0.4, -0.2) is 43.2 Å². The fraction of sp³-hybridized carbons (Fsp3) is 0.421. The number of benzene rings is 1. The van der Waals surface area contributed by atoms with E-state index in [2.05, 4.69) is 58.9 Å². The highest BCUT2D eigenvalue weighted by molar-refractivity contribution is 7.16. The Kier molecular flexibility index (Phi) is 8.38. The summed E-state index contributed by atoms with van der Waals surface area (Å²) in [6.07, 6.45) is -0.611. The number of hydrogen-bond acceptors (Lipinski definition) is 4. The standard InChI is InChI=1S/C19H27ClN4OS/c1-4-21-19(23-12-16(25)17-8-9-18(20)26-17)22-11-14-6-5-7-15(10-14)13-24(2)3/h5-10,16,25H,4,11-13H2,1-3H3,(H2,21,22,23). The molecule has 142 valence electrons. The van der Waals surface area contributed by atoms with E-state index in [1.165, 1.54) is 16.9 Å². The molecule has 0 bridgehead atoms. The van der Waals surface area contributed by atoms with Crippen LogP contribution < -0.4 is 10.6 Å². The number of aliphatic hydroxyl groups is 1. The third-order valence-electron chi connectivity index (χ3n) is 3.64. The van der Waals surface area contributed by atoms with Gasteiger partial charge in [0, 0.05) is 24.5 Å². The molecule has 0 amide bonds. The molecule has 1 atom stereocenters. The van der Waals surface area contributed by atoms with Gasteiger partial charge in [0.25, 0.3) is 0 Å². The minimum Gasteiger partial charge on any atom is -0.386 e. The molecule has 2 rings (SSSR count). The zero-order chi connectivity index (χ0) is 18.9. The van der Waals surface area contributed by atoms with Gasteiger partial charge in [0.05, 0.1) is 10.9 Å². The quantitative estimate of drug-likeness (QED) is 0.475. The number of hydrogen-bond donors (Lipinski definition) is 3. The molecule has 0 radical (unpaired) electrons. The van der Waals surface area contributed by atoms with Crippen molar-refractivity contribution in [3.63, 3.8) is 0 Å². The van der Waals surface area contributed by atoms with E-state index in [-0.39, 0.29) is 0 Å². The van der Waals surface area contributed by atoms with Crippen molar-refractivity contribution in [1.82, 2.24) is 15.5 Å². The van der Waals surface area contributed by atoms with E-state index in [4.69, 9.17) is 11.6 Å². The van der Waals surface area contributed by atoms with Crippen molar-refractivity contribution in [1.29, 1.82) is 0 Å². The summed E-state index contributed by atoms with van der Waals surface area (Å²) >= 11 is 7.32. The summed E-state index contributed by atoms with van der Waals surface area (Å²) in [7, 11) is 4.12. The summed E-state index contributed by atoms with van der Waals surface area (Å²) in [5, 5.41) is 16.7. The van der Waals surface area contributed by atoms with Crippen molar-refractivity contribution >= 4 is 28.9 Å². The van der Waals surface area contributed by atoms with E-state index in [1.807, 2.05) is 13.0 Å². The predicted octanol–water partition coefficient (Wildman–Crippen LogP) is 3.25. The average Bonchev–Trinajstić information content (AvgIpc) is 3.03. The van der Waals surface area contributed by atoms with Crippen LogP contribution in [0.3, 0.4) is 0 Å². The van der Waals surface area contributed by atoms with Gasteiger partial charge in [-0.1, -0.05) is 35.9 Å². The maximum atomic E-state index is 10.3. The van der Waals surface area contributed by atoms with Gasteiger partial charge in [0.1, 0.15) is 6.10 Å². The zero-order valence-electron chi connectivity index (χ0n) is 15.5. The van der Waals surface area contributed by atoms with Crippen LogP contribution in [0.5, 0.6) is 0 Å². The van der Waals surface area contributed by atoms with E-state index in [9.17, 15) is 5.11 Å². The van der Waals surface area contributed by atoms with E-state index >= 15 is 0 Å². The second-order valence-electron chi connectivity index (χ2n) is 6.29. The number of aliphatic imine (C=N–C) groups is 1. The Morgan fingerprint density at radius 3 is 2.65 bits per heavy atom. The van der Waals surface area contributed by atoms with E-state index in [0.717, 1.165) is 23.5 Å². The fourth-order valence-corrected chi connectivity index (χ4v) is 3.55. The van der Waals surface area contributed by atoms with Gasteiger partial charge >= 0.3 is 0 Å². The molecule has 1 aromatic carbocycles. The maximum Gasteiger partial charge on any atom is 0.191 e. The molecule has 1 aromatic heterocycles. The van der Waals surface area contributed by atoms with Crippen LogP contribution in [0, 0.1) is 0 Å². The molecule has 0 aliphatic carbocycles. The zero-order valence-corrected chi connectivity index (χ0v) is 17.1. The molecule has 5 nitrogen and oxygen atoms in total. The number of halogens is 1. The smallest absolute Gasteiger partial charge is 0.191 e. The maximum absolute atomic E-state index is 10.3. The number of thiophene rings is 1.